The van der Waals surface area contributed by atoms with Crippen molar-refractivity contribution in [3.8, 4) is 0 Å². The fourth-order valence-corrected chi connectivity index (χ4v) is 2.54. The molecule has 0 spiro atoms. The second kappa shape index (κ2) is 7.64. The average Bonchev–Trinajstić information content (AvgIpc) is 3.15. The normalized spacial score (nSPS) is 24.3. The first-order valence-electron chi connectivity index (χ1n) is 7.67. The predicted octanol–water partition coefficient (Wildman–Crippen LogP) is -0.907. The topological polar surface area (TPSA) is 146 Å². The third-order valence-corrected chi connectivity index (χ3v) is 3.76. The van der Waals surface area contributed by atoms with Crippen molar-refractivity contribution in [2.24, 2.45) is 5.73 Å². The van der Waals surface area contributed by atoms with Gasteiger partial charge >= 0.3 is 0 Å². The molecule has 1 saturated heterocycles. The van der Waals surface area contributed by atoms with Crippen LogP contribution in [-0.2, 0) is 9.57 Å². The lowest BCUT2D eigenvalue weighted by molar-refractivity contribution is -0.0824. The maximum atomic E-state index is 10.2. The van der Waals surface area contributed by atoms with E-state index in [-0.39, 0.29) is 12.8 Å². The summed E-state index contributed by atoms with van der Waals surface area (Å²) in [6.07, 6.45) is 5.58. The summed E-state index contributed by atoms with van der Waals surface area (Å²) in [5.41, 5.74) is 15.0. The number of anilines is 1. The zero-order valence-corrected chi connectivity index (χ0v) is 13.1. The van der Waals surface area contributed by atoms with Gasteiger partial charge in [-0.15, -0.1) is 0 Å². The minimum Gasteiger partial charge on any atom is -0.390 e. The van der Waals surface area contributed by atoms with Crippen LogP contribution in [-0.4, -0.2) is 56.5 Å². The first kappa shape index (κ1) is 16.7. The van der Waals surface area contributed by atoms with E-state index in [0.29, 0.717) is 36.5 Å². The number of rotatable bonds is 7. The van der Waals surface area contributed by atoms with Crippen molar-refractivity contribution in [2.45, 2.75) is 24.9 Å². The number of nitrogens with zero attached hydrogens (tertiary/aromatic N) is 4. The van der Waals surface area contributed by atoms with Crippen molar-refractivity contribution in [2.75, 3.05) is 25.4 Å². The first-order valence-corrected chi connectivity index (χ1v) is 7.67. The molecule has 0 bridgehead atoms. The van der Waals surface area contributed by atoms with Crippen molar-refractivity contribution >= 4 is 17.0 Å². The van der Waals surface area contributed by atoms with Crippen molar-refractivity contribution in [1.82, 2.24) is 25.0 Å². The van der Waals surface area contributed by atoms with Gasteiger partial charge in [-0.25, -0.2) is 15.0 Å². The fraction of sp³-hybridized carbons (Fsp3) is 0.500. The SMILES string of the molecule is NCC=CCNOC[C@H]1O[C@@H](n2cnc3c(N)ncnc32)C[C@@H]1O. The van der Waals surface area contributed by atoms with E-state index in [0.717, 1.165) is 0 Å². The Morgan fingerprint density at radius 1 is 1.42 bits per heavy atom. The van der Waals surface area contributed by atoms with Crippen LogP contribution in [0, 0.1) is 0 Å². The number of fused-ring (bicyclic) bond motifs is 1. The molecule has 10 heteroatoms. The molecule has 0 saturated carbocycles. The van der Waals surface area contributed by atoms with Crippen LogP contribution >= 0.6 is 0 Å². The lowest BCUT2D eigenvalue weighted by Gasteiger charge is -2.15. The smallest absolute Gasteiger partial charge is 0.167 e. The molecule has 130 valence electrons. The van der Waals surface area contributed by atoms with Crippen LogP contribution in [0.15, 0.2) is 24.8 Å². The molecule has 0 aliphatic carbocycles. The minimum absolute atomic E-state index is 0.220. The molecule has 0 radical (unpaired) electrons. The monoisotopic (exact) mass is 335 g/mol. The van der Waals surface area contributed by atoms with E-state index in [1.165, 1.54) is 6.33 Å². The summed E-state index contributed by atoms with van der Waals surface area (Å²) < 4.78 is 7.61. The van der Waals surface area contributed by atoms with Crippen LogP contribution in [0.1, 0.15) is 12.6 Å². The van der Waals surface area contributed by atoms with Gasteiger partial charge in [0.05, 0.1) is 19.0 Å². The highest BCUT2D eigenvalue weighted by Gasteiger charge is 2.36. The molecule has 1 aliphatic rings. The number of imidazole rings is 1. The highest BCUT2D eigenvalue weighted by atomic mass is 16.7. The Kier molecular flexibility index (Phi) is 5.33. The second-order valence-electron chi connectivity index (χ2n) is 5.38. The summed E-state index contributed by atoms with van der Waals surface area (Å²) in [5.74, 6) is 0.312. The average molecular weight is 335 g/mol. The van der Waals surface area contributed by atoms with Gasteiger partial charge < -0.3 is 21.3 Å². The third-order valence-electron chi connectivity index (χ3n) is 3.76. The molecule has 2 aromatic heterocycles. The molecule has 2 aromatic rings. The lowest BCUT2D eigenvalue weighted by atomic mass is 10.2. The first-order chi connectivity index (χ1) is 11.7. The highest BCUT2D eigenvalue weighted by molar-refractivity contribution is 5.81. The summed E-state index contributed by atoms with van der Waals surface area (Å²) >= 11 is 0. The number of hydrogen-bond donors (Lipinski definition) is 4. The quantitative estimate of drug-likeness (QED) is 0.287. The molecule has 0 amide bonds. The molecule has 3 atom stereocenters. The molecule has 1 fully saturated rings. The maximum Gasteiger partial charge on any atom is 0.167 e. The summed E-state index contributed by atoms with van der Waals surface area (Å²) in [4.78, 5) is 17.6. The van der Waals surface area contributed by atoms with Crippen LogP contribution in [0.2, 0.25) is 0 Å². The van der Waals surface area contributed by atoms with Crippen molar-refractivity contribution < 1.29 is 14.7 Å². The Morgan fingerprint density at radius 2 is 2.29 bits per heavy atom. The Balaban J connectivity index is 1.59. The van der Waals surface area contributed by atoms with Gasteiger partial charge in [0, 0.05) is 19.5 Å². The van der Waals surface area contributed by atoms with Gasteiger partial charge in [-0.3, -0.25) is 9.40 Å². The van der Waals surface area contributed by atoms with E-state index in [2.05, 4.69) is 20.4 Å². The maximum absolute atomic E-state index is 10.2. The molecule has 10 nitrogen and oxygen atoms in total. The Bertz CT molecular complexity index is 705. The number of aliphatic hydroxyl groups excluding tert-OH is 1. The summed E-state index contributed by atoms with van der Waals surface area (Å²) in [6, 6.07) is 0. The van der Waals surface area contributed by atoms with Gasteiger partial charge in [-0.05, 0) is 0 Å². The van der Waals surface area contributed by atoms with Crippen molar-refractivity contribution in [1.29, 1.82) is 0 Å². The number of nitrogen functional groups attached to an aromatic ring is 1. The Morgan fingerprint density at radius 3 is 3.12 bits per heavy atom. The van der Waals surface area contributed by atoms with Gasteiger partial charge in [0.1, 0.15) is 24.2 Å². The molecule has 3 rings (SSSR count). The molecule has 0 unspecified atom stereocenters. The summed E-state index contributed by atoms with van der Waals surface area (Å²) in [7, 11) is 0. The van der Waals surface area contributed by atoms with E-state index in [1.54, 1.807) is 10.9 Å². The number of aliphatic hydroxyl groups is 1. The largest absolute Gasteiger partial charge is 0.390 e. The number of ether oxygens (including phenoxy) is 1. The van der Waals surface area contributed by atoms with Gasteiger partial charge in [-0.1, -0.05) is 12.2 Å². The summed E-state index contributed by atoms with van der Waals surface area (Å²) in [5, 5.41) is 10.2. The van der Waals surface area contributed by atoms with E-state index < -0.39 is 12.2 Å². The summed E-state index contributed by atoms with van der Waals surface area (Å²) in [6.45, 7) is 1.24. The van der Waals surface area contributed by atoms with E-state index in [4.69, 9.17) is 21.0 Å². The molecule has 3 heterocycles. The molecular formula is C14H21N7O3. The fourth-order valence-electron chi connectivity index (χ4n) is 2.54. The van der Waals surface area contributed by atoms with Gasteiger partial charge in [0.25, 0.3) is 0 Å². The van der Waals surface area contributed by atoms with Crippen LogP contribution < -0.4 is 16.9 Å². The highest BCUT2D eigenvalue weighted by Crippen LogP contribution is 2.31. The predicted molar refractivity (Wildman–Crippen MR) is 86.4 cm³/mol. The molecule has 24 heavy (non-hydrogen) atoms. The number of nitrogens with one attached hydrogen (secondary N) is 1. The second-order valence-corrected chi connectivity index (χ2v) is 5.38. The number of aromatic nitrogens is 4. The van der Waals surface area contributed by atoms with Gasteiger partial charge in [-0.2, -0.15) is 5.48 Å². The Labute approximate surface area is 138 Å². The van der Waals surface area contributed by atoms with Gasteiger partial charge in [0.2, 0.25) is 0 Å². The van der Waals surface area contributed by atoms with Crippen LogP contribution in [0.4, 0.5) is 5.82 Å². The number of hydrogen-bond acceptors (Lipinski definition) is 9. The zero-order valence-electron chi connectivity index (χ0n) is 13.1. The van der Waals surface area contributed by atoms with Crippen LogP contribution in [0.5, 0.6) is 0 Å². The standard InChI is InChI=1S/C14H21N7O3/c15-3-1-2-4-20-23-6-10-9(22)5-11(24-10)21-8-19-12-13(16)17-7-18-14(12)21/h1-2,7-11,20,22H,3-6,15H2,(H2,16,17,18)/t9-,10+,11+/m0/s1. The van der Waals surface area contributed by atoms with Crippen molar-refractivity contribution in [3.05, 3.63) is 24.8 Å². The molecule has 1 aliphatic heterocycles. The minimum atomic E-state index is -0.645. The number of nitrogens with two attached hydrogens (primary N) is 2. The number of hydroxylamine groups is 1. The van der Waals surface area contributed by atoms with E-state index in [9.17, 15) is 5.11 Å². The molecule has 6 N–H and O–H groups in total. The molecule has 0 aromatic carbocycles. The lowest BCUT2D eigenvalue weighted by Crippen LogP contribution is -2.30. The van der Waals surface area contributed by atoms with Crippen molar-refractivity contribution in [3.63, 3.8) is 0 Å². The Hall–Kier alpha value is -2.11. The molecular weight excluding hydrogens is 314 g/mol. The van der Waals surface area contributed by atoms with Crippen LogP contribution in [0.3, 0.4) is 0 Å². The van der Waals surface area contributed by atoms with E-state index >= 15 is 0 Å². The van der Waals surface area contributed by atoms with Crippen LogP contribution in [0.25, 0.3) is 11.2 Å². The third kappa shape index (κ3) is 3.52. The van der Waals surface area contributed by atoms with E-state index in [1.807, 2.05) is 12.2 Å². The zero-order chi connectivity index (χ0) is 16.9. The van der Waals surface area contributed by atoms with Gasteiger partial charge in [0.15, 0.2) is 11.5 Å².